The lowest BCUT2D eigenvalue weighted by Crippen LogP contribution is -2.63. The van der Waals surface area contributed by atoms with E-state index in [2.05, 4.69) is 0 Å². The maximum atomic E-state index is 11.0. The number of nitrogens with one attached hydrogen (secondary N) is 1. The van der Waals surface area contributed by atoms with Crippen molar-refractivity contribution < 1.29 is 14.7 Å². The van der Waals surface area contributed by atoms with Crippen LogP contribution in [0.1, 0.15) is 13.3 Å². The molecule has 0 unspecified atom stereocenters. The van der Waals surface area contributed by atoms with Gasteiger partial charge in [-0.15, -0.1) is 0 Å². The van der Waals surface area contributed by atoms with Crippen LogP contribution in [0.25, 0.3) is 0 Å². The third-order valence-electron chi connectivity index (χ3n) is 2.32. The molecular formula is C8H15N3O3. The molecule has 14 heavy (non-hydrogen) atoms. The van der Waals surface area contributed by atoms with Gasteiger partial charge in [-0.3, -0.25) is 15.0 Å². The molecule has 1 rings (SSSR count). The van der Waals surface area contributed by atoms with Gasteiger partial charge in [-0.1, -0.05) is 6.92 Å². The lowest BCUT2D eigenvalue weighted by atomic mass is 9.91. The Morgan fingerprint density at radius 2 is 2.14 bits per heavy atom. The highest BCUT2D eigenvalue weighted by Crippen LogP contribution is 2.23. The zero-order chi connectivity index (χ0) is 10.8. The van der Waals surface area contributed by atoms with Gasteiger partial charge >= 0.3 is 6.03 Å². The summed E-state index contributed by atoms with van der Waals surface area (Å²) in [6, 6.07) is -0.846. The van der Waals surface area contributed by atoms with Crippen LogP contribution in [0.2, 0.25) is 0 Å². The number of aliphatic hydroxyl groups is 1. The fourth-order valence-electron chi connectivity index (χ4n) is 1.50. The second kappa shape index (κ2) is 3.93. The lowest BCUT2D eigenvalue weighted by Gasteiger charge is -2.45. The highest BCUT2D eigenvalue weighted by atomic mass is 16.3. The Bertz CT molecular complexity index is 248. The highest BCUT2D eigenvalue weighted by Gasteiger charge is 2.39. The Balaban J connectivity index is 2.23. The number of nitrogens with zero attached hydrogens (tertiary/aromatic N) is 1. The van der Waals surface area contributed by atoms with Crippen LogP contribution in [0.15, 0.2) is 0 Å². The minimum absolute atomic E-state index is 0.102. The highest BCUT2D eigenvalue weighted by molar-refractivity contribution is 5.94. The van der Waals surface area contributed by atoms with Crippen molar-refractivity contribution in [1.82, 2.24) is 10.2 Å². The number of amides is 3. The van der Waals surface area contributed by atoms with Gasteiger partial charge in [-0.2, -0.15) is 0 Å². The Kier molecular flexibility index (Phi) is 3.07. The maximum Gasteiger partial charge on any atom is 0.318 e. The van der Waals surface area contributed by atoms with Crippen LogP contribution in [-0.2, 0) is 4.79 Å². The molecule has 0 aromatic rings. The molecule has 0 bridgehead atoms. The number of β-amino-alcohol motifs (C(OH)–C–C–N with tert-alkyl or cyclic N) is 1. The second-order valence-electron chi connectivity index (χ2n) is 3.64. The molecule has 4 N–H and O–H groups in total. The van der Waals surface area contributed by atoms with E-state index in [1.807, 2.05) is 12.2 Å². The number of nitrogens with two attached hydrogens (primary N) is 1. The quantitative estimate of drug-likeness (QED) is 0.525. The predicted octanol–water partition coefficient (Wildman–Crippen LogP) is -1.36. The van der Waals surface area contributed by atoms with Gasteiger partial charge in [0.1, 0.15) is 0 Å². The van der Waals surface area contributed by atoms with Crippen molar-refractivity contribution >= 4 is 11.9 Å². The van der Waals surface area contributed by atoms with Crippen LogP contribution in [0, 0.1) is 0 Å². The maximum absolute atomic E-state index is 11.0. The summed E-state index contributed by atoms with van der Waals surface area (Å²) in [5, 5.41) is 11.6. The smallest absolute Gasteiger partial charge is 0.318 e. The molecule has 1 saturated heterocycles. The van der Waals surface area contributed by atoms with Gasteiger partial charge in [0, 0.05) is 13.1 Å². The molecule has 1 fully saturated rings. The van der Waals surface area contributed by atoms with Crippen molar-refractivity contribution in [1.29, 1.82) is 0 Å². The Hall–Kier alpha value is -1.14. The van der Waals surface area contributed by atoms with E-state index in [1.165, 1.54) is 0 Å². The molecule has 0 aliphatic carbocycles. The standard InChI is InChI=1S/C8H15N3O3/c1-2-8(14)4-11(5-8)3-6(12)10-7(9)13/h14H,2-5H2,1H3,(H3,9,10,12,13). The van der Waals surface area contributed by atoms with E-state index in [0.29, 0.717) is 19.5 Å². The molecule has 1 heterocycles. The average Bonchev–Trinajstić information content (AvgIpc) is 1.99. The van der Waals surface area contributed by atoms with E-state index < -0.39 is 17.5 Å². The molecule has 1 aliphatic heterocycles. The average molecular weight is 201 g/mol. The van der Waals surface area contributed by atoms with Gasteiger partial charge < -0.3 is 10.8 Å². The third-order valence-corrected chi connectivity index (χ3v) is 2.32. The van der Waals surface area contributed by atoms with Gasteiger partial charge in [0.2, 0.25) is 5.91 Å². The van der Waals surface area contributed by atoms with Gasteiger partial charge in [0.25, 0.3) is 0 Å². The van der Waals surface area contributed by atoms with E-state index in [4.69, 9.17) is 5.73 Å². The van der Waals surface area contributed by atoms with E-state index >= 15 is 0 Å². The third kappa shape index (κ3) is 2.68. The van der Waals surface area contributed by atoms with Crippen molar-refractivity contribution in [3.63, 3.8) is 0 Å². The van der Waals surface area contributed by atoms with Gasteiger partial charge in [-0.25, -0.2) is 4.79 Å². The van der Waals surface area contributed by atoms with Crippen LogP contribution in [0.4, 0.5) is 4.79 Å². The number of rotatable bonds is 3. The van der Waals surface area contributed by atoms with E-state index in [9.17, 15) is 14.7 Å². The van der Waals surface area contributed by atoms with Gasteiger partial charge in [0.05, 0.1) is 12.1 Å². The predicted molar refractivity (Wildman–Crippen MR) is 49.4 cm³/mol. The number of primary amides is 1. The van der Waals surface area contributed by atoms with E-state index in [-0.39, 0.29) is 6.54 Å². The van der Waals surface area contributed by atoms with Crippen LogP contribution in [0.5, 0.6) is 0 Å². The fourth-order valence-corrected chi connectivity index (χ4v) is 1.50. The van der Waals surface area contributed by atoms with Crippen LogP contribution >= 0.6 is 0 Å². The molecule has 80 valence electrons. The minimum atomic E-state index is -0.846. The van der Waals surface area contributed by atoms with Crippen molar-refractivity contribution in [2.75, 3.05) is 19.6 Å². The first-order valence-electron chi connectivity index (χ1n) is 4.49. The summed E-state index contributed by atoms with van der Waals surface area (Å²) in [6.45, 7) is 2.93. The number of hydrogen-bond acceptors (Lipinski definition) is 4. The summed E-state index contributed by atoms with van der Waals surface area (Å²) in [5.41, 5.74) is 4.11. The number of likely N-dealkylation sites (tertiary alicyclic amines) is 1. The van der Waals surface area contributed by atoms with Crippen molar-refractivity contribution in [2.24, 2.45) is 5.73 Å². The second-order valence-corrected chi connectivity index (χ2v) is 3.64. The topological polar surface area (TPSA) is 95.7 Å². The zero-order valence-corrected chi connectivity index (χ0v) is 8.12. The van der Waals surface area contributed by atoms with Crippen LogP contribution in [-0.4, -0.2) is 47.2 Å². The molecule has 0 atom stereocenters. The molecular weight excluding hydrogens is 186 g/mol. The first-order valence-corrected chi connectivity index (χ1v) is 4.49. The largest absolute Gasteiger partial charge is 0.387 e. The SMILES string of the molecule is CCC1(O)CN(CC(=O)NC(N)=O)C1. The number of carbonyl (C=O) groups is 2. The normalized spacial score (nSPS) is 19.9. The number of urea groups is 1. The summed E-state index contributed by atoms with van der Waals surface area (Å²) in [4.78, 5) is 23.1. The van der Waals surface area contributed by atoms with Crippen molar-refractivity contribution in [3.05, 3.63) is 0 Å². The molecule has 0 radical (unpaired) electrons. The first kappa shape index (κ1) is 10.9. The summed E-state index contributed by atoms with van der Waals surface area (Å²) < 4.78 is 0. The van der Waals surface area contributed by atoms with E-state index in [0.717, 1.165) is 0 Å². The summed E-state index contributed by atoms with van der Waals surface area (Å²) in [7, 11) is 0. The number of hydrogen-bond donors (Lipinski definition) is 3. The number of imide groups is 1. The Labute approximate surface area is 82.1 Å². The molecule has 0 aromatic carbocycles. The molecule has 6 nitrogen and oxygen atoms in total. The lowest BCUT2D eigenvalue weighted by molar-refractivity contribution is -0.131. The molecule has 1 aliphatic rings. The summed E-state index contributed by atoms with van der Waals surface area (Å²) >= 11 is 0. The summed E-state index contributed by atoms with van der Waals surface area (Å²) in [6.07, 6.45) is 0.668. The summed E-state index contributed by atoms with van der Waals surface area (Å²) in [5.74, 6) is -0.435. The van der Waals surface area contributed by atoms with Gasteiger partial charge in [0.15, 0.2) is 0 Å². The van der Waals surface area contributed by atoms with Crippen LogP contribution in [0.3, 0.4) is 0 Å². The molecule has 0 spiro atoms. The monoisotopic (exact) mass is 201 g/mol. The van der Waals surface area contributed by atoms with Crippen molar-refractivity contribution in [2.45, 2.75) is 18.9 Å². The molecule has 6 heteroatoms. The zero-order valence-electron chi connectivity index (χ0n) is 8.12. The van der Waals surface area contributed by atoms with Crippen molar-refractivity contribution in [3.8, 4) is 0 Å². The van der Waals surface area contributed by atoms with Gasteiger partial charge in [-0.05, 0) is 6.42 Å². The Morgan fingerprint density at radius 3 is 2.57 bits per heavy atom. The molecule has 0 aromatic heterocycles. The Morgan fingerprint density at radius 1 is 1.57 bits per heavy atom. The number of carbonyl (C=O) groups excluding carboxylic acids is 2. The molecule has 3 amide bonds. The van der Waals surface area contributed by atoms with E-state index in [1.54, 1.807) is 4.90 Å². The minimum Gasteiger partial charge on any atom is -0.387 e. The van der Waals surface area contributed by atoms with Crippen LogP contribution < -0.4 is 11.1 Å². The first-order chi connectivity index (χ1) is 6.45. The molecule has 0 saturated carbocycles. The fraction of sp³-hybridized carbons (Fsp3) is 0.750.